The molecule has 0 bridgehead atoms. The number of hydrogen-bond acceptors (Lipinski definition) is 5. The summed E-state index contributed by atoms with van der Waals surface area (Å²) in [5.74, 6) is 0. The number of aromatic amines is 1. The minimum Gasteiger partial charge on any atom is -0.399 e. The maximum atomic E-state index is 12.9. The fourth-order valence-electron chi connectivity index (χ4n) is 2.91. The van der Waals surface area contributed by atoms with Gasteiger partial charge in [-0.3, -0.25) is 14.3 Å². The van der Waals surface area contributed by atoms with Crippen LogP contribution in [0, 0.1) is 0 Å². The molecule has 0 aliphatic heterocycles. The van der Waals surface area contributed by atoms with Gasteiger partial charge in [0.2, 0.25) is 0 Å². The van der Waals surface area contributed by atoms with Crippen LogP contribution in [0.15, 0.2) is 58.1 Å². The highest BCUT2D eigenvalue weighted by Crippen LogP contribution is 2.17. The van der Waals surface area contributed by atoms with E-state index < -0.39 is 17.3 Å². The Morgan fingerprint density at radius 1 is 1.04 bits per heavy atom. The van der Waals surface area contributed by atoms with Crippen LogP contribution < -0.4 is 17.0 Å². The monoisotopic (exact) mass is 333 g/mol. The van der Waals surface area contributed by atoms with E-state index in [1.807, 2.05) is 30.3 Å². The maximum Gasteiger partial charge on any atom is 0.330 e. The molecule has 0 saturated heterocycles. The average molecular weight is 333 g/mol. The Bertz CT molecular complexity index is 1210. The van der Waals surface area contributed by atoms with Crippen LogP contribution in [-0.2, 0) is 0 Å². The van der Waals surface area contributed by atoms with Gasteiger partial charge in [0.05, 0.1) is 17.1 Å². The van der Waals surface area contributed by atoms with Crippen molar-refractivity contribution in [1.82, 2.24) is 19.5 Å². The lowest BCUT2D eigenvalue weighted by Crippen LogP contribution is -2.38. The van der Waals surface area contributed by atoms with Crippen LogP contribution in [0.25, 0.3) is 22.2 Å². The first-order chi connectivity index (χ1) is 12.0. The Morgan fingerprint density at radius 2 is 1.80 bits per heavy atom. The lowest BCUT2D eigenvalue weighted by molar-refractivity contribution is 0.583. The van der Waals surface area contributed by atoms with Gasteiger partial charge in [-0.15, -0.1) is 0 Å². The lowest BCUT2D eigenvalue weighted by Gasteiger charge is -2.14. The Labute approximate surface area is 141 Å². The summed E-state index contributed by atoms with van der Waals surface area (Å²) in [5, 5.41) is 0. The summed E-state index contributed by atoms with van der Waals surface area (Å²) in [6.07, 6.45) is 0. The number of benzene rings is 2. The van der Waals surface area contributed by atoms with Crippen molar-refractivity contribution in [2.75, 3.05) is 5.73 Å². The van der Waals surface area contributed by atoms with Crippen molar-refractivity contribution in [3.8, 4) is 0 Å². The molecular weight excluding hydrogens is 318 g/mol. The second-order valence-corrected chi connectivity index (χ2v) is 5.86. The smallest absolute Gasteiger partial charge is 0.330 e. The standard InChI is InChI=1S/C18H15N5O2/c1-10(11-5-3-2-4-6-11)23-17(24)15-16(22-18(23)25)21-14-9-12(19)7-8-13(14)20-15/h2-10H,19H2,1H3,(H,21,22,25)/t10-/m0/s1. The van der Waals surface area contributed by atoms with E-state index in [4.69, 9.17) is 5.73 Å². The van der Waals surface area contributed by atoms with E-state index in [0.717, 1.165) is 10.1 Å². The van der Waals surface area contributed by atoms with E-state index in [1.165, 1.54) is 0 Å². The SMILES string of the molecule is C[C@@H](c1ccccc1)n1c(=O)[nH]c2nc3cc(N)ccc3nc2c1=O. The highest BCUT2D eigenvalue weighted by Gasteiger charge is 2.17. The van der Waals surface area contributed by atoms with E-state index in [2.05, 4.69) is 15.0 Å². The molecule has 0 unspecified atom stereocenters. The van der Waals surface area contributed by atoms with Crippen molar-refractivity contribution in [1.29, 1.82) is 0 Å². The lowest BCUT2D eigenvalue weighted by atomic mass is 10.1. The van der Waals surface area contributed by atoms with Gasteiger partial charge in [0, 0.05) is 5.69 Å². The van der Waals surface area contributed by atoms with Crippen LogP contribution in [0.5, 0.6) is 0 Å². The van der Waals surface area contributed by atoms with Crippen molar-refractivity contribution < 1.29 is 0 Å². The Hall–Kier alpha value is -3.48. The second-order valence-electron chi connectivity index (χ2n) is 5.86. The van der Waals surface area contributed by atoms with Crippen molar-refractivity contribution in [3.05, 3.63) is 74.9 Å². The highest BCUT2D eigenvalue weighted by molar-refractivity contribution is 5.85. The zero-order valence-electron chi connectivity index (χ0n) is 13.4. The molecule has 0 spiro atoms. The third-order valence-corrected chi connectivity index (χ3v) is 4.22. The van der Waals surface area contributed by atoms with Crippen LogP contribution in [0.3, 0.4) is 0 Å². The molecule has 2 heterocycles. The number of fused-ring (bicyclic) bond motifs is 2. The summed E-state index contributed by atoms with van der Waals surface area (Å²) >= 11 is 0. The number of nitrogen functional groups attached to an aromatic ring is 1. The van der Waals surface area contributed by atoms with E-state index in [9.17, 15) is 9.59 Å². The molecule has 0 radical (unpaired) electrons. The molecule has 0 aliphatic carbocycles. The Morgan fingerprint density at radius 3 is 2.56 bits per heavy atom. The Balaban J connectivity index is 2.01. The first-order valence-electron chi connectivity index (χ1n) is 7.81. The van der Waals surface area contributed by atoms with Gasteiger partial charge in [0.15, 0.2) is 11.2 Å². The molecule has 1 atom stereocenters. The molecule has 7 nitrogen and oxygen atoms in total. The third-order valence-electron chi connectivity index (χ3n) is 4.22. The molecular formula is C18H15N5O2. The number of nitrogens with two attached hydrogens (primary N) is 1. The van der Waals surface area contributed by atoms with Gasteiger partial charge in [-0.25, -0.2) is 14.8 Å². The van der Waals surface area contributed by atoms with Crippen molar-refractivity contribution in [2.24, 2.45) is 0 Å². The van der Waals surface area contributed by atoms with E-state index >= 15 is 0 Å². The molecule has 124 valence electrons. The molecule has 7 heteroatoms. The predicted molar refractivity (Wildman–Crippen MR) is 96.6 cm³/mol. The summed E-state index contributed by atoms with van der Waals surface area (Å²) in [5.41, 5.74) is 7.50. The van der Waals surface area contributed by atoms with E-state index in [0.29, 0.717) is 16.7 Å². The maximum absolute atomic E-state index is 12.9. The quantitative estimate of drug-likeness (QED) is 0.430. The summed E-state index contributed by atoms with van der Waals surface area (Å²) in [7, 11) is 0. The number of H-pyrrole nitrogens is 1. The van der Waals surface area contributed by atoms with Gasteiger partial charge < -0.3 is 5.73 Å². The van der Waals surface area contributed by atoms with Gasteiger partial charge in [-0.1, -0.05) is 30.3 Å². The van der Waals surface area contributed by atoms with Gasteiger partial charge in [0.1, 0.15) is 0 Å². The van der Waals surface area contributed by atoms with Crippen molar-refractivity contribution in [3.63, 3.8) is 0 Å². The van der Waals surface area contributed by atoms with Crippen LogP contribution in [0.4, 0.5) is 5.69 Å². The minimum absolute atomic E-state index is 0.125. The highest BCUT2D eigenvalue weighted by atomic mass is 16.2. The molecule has 3 N–H and O–H groups in total. The number of rotatable bonds is 2. The van der Waals surface area contributed by atoms with Crippen LogP contribution in [0.1, 0.15) is 18.5 Å². The molecule has 2 aromatic carbocycles. The molecule has 4 aromatic rings. The third kappa shape index (κ3) is 2.46. The topological polar surface area (TPSA) is 107 Å². The zero-order chi connectivity index (χ0) is 17.6. The number of anilines is 1. The largest absolute Gasteiger partial charge is 0.399 e. The Kier molecular flexibility index (Phi) is 3.35. The van der Waals surface area contributed by atoms with Crippen molar-refractivity contribution >= 4 is 27.9 Å². The van der Waals surface area contributed by atoms with Crippen molar-refractivity contribution in [2.45, 2.75) is 13.0 Å². The molecule has 0 amide bonds. The molecule has 0 aliphatic rings. The average Bonchev–Trinajstić information content (AvgIpc) is 2.61. The normalized spacial score (nSPS) is 12.5. The predicted octanol–water partition coefficient (Wildman–Crippen LogP) is 1.82. The molecule has 4 rings (SSSR count). The number of nitrogens with zero attached hydrogens (tertiary/aromatic N) is 3. The van der Waals surface area contributed by atoms with Gasteiger partial charge in [-0.05, 0) is 30.7 Å². The van der Waals surface area contributed by atoms with E-state index in [-0.39, 0.29) is 11.2 Å². The fraction of sp³-hybridized carbons (Fsp3) is 0.111. The number of hydrogen-bond donors (Lipinski definition) is 2. The first-order valence-corrected chi connectivity index (χ1v) is 7.81. The zero-order valence-corrected chi connectivity index (χ0v) is 13.4. The van der Waals surface area contributed by atoms with Crippen LogP contribution >= 0.6 is 0 Å². The van der Waals surface area contributed by atoms with E-state index in [1.54, 1.807) is 25.1 Å². The second kappa shape index (κ2) is 5.55. The summed E-state index contributed by atoms with van der Waals surface area (Å²) in [6.45, 7) is 1.80. The molecule has 2 aromatic heterocycles. The van der Waals surface area contributed by atoms with Gasteiger partial charge in [0.25, 0.3) is 5.56 Å². The number of aromatic nitrogens is 4. The molecule has 25 heavy (non-hydrogen) atoms. The van der Waals surface area contributed by atoms with Gasteiger partial charge >= 0.3 is 5.69 Å². The summed E-state index contributed by atoms with van der Waals surface area (Å²) < 4.78 is 1.16. The molecule has 0 fully saturated rings. The van der Waals surface area contributed by atoms with Gasteiger partial charge in [-0.2, -0.15) is 0 Å². The van der Waals surface area contributed by atoms with Crippen LogP contribution in [0.2, 0.25) is 0 Å². The fourth-order valence-corrected chi connectivity index (χ4v) is 2.91. The minimum atomic E-state index is -0.522. The summed E-state index contributed by atoms with van der Waals surface area (Å²) in [4.78, 5) is 36.7. The first kappa shape index (κ1) is 15.1. The van der Waals surface area contributed by atoms with Crippen LogP contribution in [-0.4, -0.2) is 19.5 Å². The molecule has 0 saturated carbocycles. The number of nitrogens with one attached hydrogen (secondary N) is 1. The summed E-state index contributed by atoms with van der Waals surface area (Å²) in [6, 6.07) is 14.0.